The van der Waals surface area contributed by atoms with Crippen LogP contribution in [0.2, 0.25) is 0 Å². The van der Waals surface area contributed by atoms with Crippen LogP contribution in [0.1, 0.15) is 38.8 Å². The lowest BCUT2D eigenvalue weighted by molar-refractivity contribution is 0.0492. The molecule has 1 aromatic rings. The molecule has 118 valence electrons. The molecule has 0 radical (unpaired) electrons. The van der Waals surface area contributed by atoms with E-state index in [2.05, 4.69) is 5.32 Å². The van der Waals surface area contributed by atoms with Crippen LogP contribution < -0.4 is 10.1 Å². The Hall–Kier alpha value is -1.75. The lowest BCUT2D eigenvalue weighted by Gasteiger charge is -2.24. The van der Waals surface area contributed by atoms with E-state index in [1.807, 2.05) is 45.0 Å². The highest BCUT2D eigenvalue weighted by atomic mass is 16.6. The summed E-state index contributed by atoms with van der Waals surface area (Å²) in [5.74, 6) is 0.751. The van der Waals surface area contributed by atoms with Crippen molar-refractivity contribution in [2.45, 2.75) is 38.8 Å². The first kappa shape index (κ1) is 17.3. The smallest absolute Gasteiger partial charge is 0.408 e. The number of ether oxygens (including phenoxy) is 3. The second-order valence-electron chi connectivity index (χ2n) is 5.76. The molecule has 1 rings (SSSR count). The molecule has 1 aromatic carbocycles. The van der Waals surface area contributed by atoms with Crippen LogP contribution in [0.5, 0.6) is 5.75 Å². The summed E-state index contributed by atoms with van der Waals surface area (Å²) in [6, 6.07) is 7.42. The number of methoxy groups -OCH3 is 2. The Labute approximate surface area is 126 Å². The Kier molecular flexibility index (Phi) is 6.49. The van der Waals surface area contributed by atoms with Gasteiger partial charge in [0.05, 0.1) is 13.2 Å². The molecule has 1 amide bonds. The number of hydrogen-bond donors (Lipinski definition) is 1. The number of alkyl carbamates (subject to hydrolysis) is 1. The molecule has 21 heavy (non-hydrogen) atoms. The first-order valence-electron chi connectivity index (χ1n) is 6.98. The van der Waals surface area contributed by atoms with Crippen molar-refractivity contribution in [1.82, 2.24) is 5.32 Å². The van der Waals surface area contributed by atoms with E-state index in [0.29, 0.717) is 13.0 Å². The van der Waals surface area contributed by atoms with Gasteiger partial charge in [0.25, 0.3) is 0 Å². The van der Waals surface area contributed by atoms with Crippen LogP contribution in [0.15, 0.2) is 24.3 Å². The number of carbonyl (C=O) groups excluding carboxylic acids is 1. The van der Waals surface area contributed by atoms with Gasteiger partial charge in [0.15, 0.2) is 0 Å². The summed E-state index contributed by atoms with van der Waals surface area (Å²) in [5.41, 5.74) is 0.432. The van der Waals surface area contributed by atoms with E-state index in [4.69, 9.17) is 14.2 Å². The molecule has 0 aliphatic rings. The standard InChI is InChI=1S/C16H25NO4/c1-16(2,3)21-15(18)17-14(9-10-19-4)12-7-6-8-13(11-12)20-5/h6-8,11,14H,9-10H2,1-5H3,(H,17,18). The number of nitrogens with one attached hydrogen (secondary N) is 1. The second-order valence-corrected chi connectivity index (χ2v) is 5.76. The number of hydrogen-bond acceptors (Lipinski definition) is 4. The van der Waals surface area contributed by atoms with Crippen molar-refractivity contribution >= 4 is 6.09 Å². The predicted octanol–water partition coefficient (Wildman–Crippen LogP) is 3.30. The van der Waals surface area contributed by atoms with Crippen LogP contribution in [0.25, 0.3) is 0 Å². The topological polar surface area (TPSA) is 56.8 Å². The van der Waals surface area contributed by atoms with E-state index < -0.39 is 11.7 Å². The Morgan fingerprint density at radius 2 is 2.00 bits per heavy atom. The highest BCUT2D eigenvalue weighted by molar-refractivity contribution is 5.68. The van der Waals surface area contributed by atoms with Crippen molar-refractivity contribution in [2.24, 2.45) is 0 Å². The molecular weight excluding hydrogens is 270 g/mol. The predicted molar refractivity (Wildman–Crippen MR) is 81.6 cm³/mol. The molecule has 1 atom stereocenters. The van der Waals surface area contributed by atoms with Gasteiger partial charge in [0.1, 0.15) is 11.4 Å². The maximum atomic E-state index is 12.0. The van der Waals surface area contributed by atoms with Crippen LogP contribution in [0.4, 0.5) is 4.79 Å². The molecule has 0 heterocycles. The molecule has 5 nitrogen and oxygen atoms in total. The van der Waals surface area contributed by atoms with Crippen LogP contribution in [-0.4, -0.2) is 32.5 Å². The lowest BCUT2D eigenvalue weighted by atomic mass is 10.0. The van der Waals surface area contributed by atoms with Gasteiger partial charge in [-0.25, -0.2) is 4.79 Å². The van der Waals surface area contributed by atoms with E-state index in [1.165, 1.54) is 0 Å². The summed E-state index contributed by atoms with van der Waals surface area (Å²) in [7, 11) is 3.25. The molecule has 0 aromatic heterocycles. The molecule has 0 fully saturated rings. The molecule has 0 saturated carbocycles. The van der Waals surface area contributed by atoms with Gasteiger partial charge in [-0.3, -0.25) is 0 Å². The number of carbonyl (C=O) groups is 1. The van der Waals surface area contributed by atoms with E-state index >= 15 is 0 Å². The quantitative estimate of drug-likeness (QED) is 0.875. The third kappa shape index (κ3) is 6.49. The first-order chi connectivity index (χ1) is 9.85. The molecule has 0 saturated heterocycles. The van der Waals surface area contributed by atoms with Gasteiger partial charge < -0.3 is 19.5 Å². The zero-order chi connectivity index (χ0) is 15.9. The summed E-state index contributed by atoms with van der Waals surface area (Å²) in [4.78, 5) is 12.0. The van der Waals surface area contributed by atoms with Gasteiger partial charge >= 0.3 is 6.09 Å². The largest absolute Gasteiger partial charge is 0.497 e. The summed E-state index contributed by atoms with van der Waals surface area (Å²) in [6.07, 6.45) is 0.217. The van der Waals surface area contributed by atoms with Crippen molar-refractivity contribution in [3.63, 3.8) is 0 Å². The third-order valence-electron chi connectivity index (χ3n) is 2.80. The van der Waals surface area contributed by atoms with Crippen LogP contribution in [0, 0.1) is 0 Å². The maximum Gasteiger partial charge on any atom is 0.408 e. The summed E-state index contributed by atoms with van der Waals surface area (Å²) in [5, 5.41) is 2.88. The van der Waals surface area contributed by atoms with Crippen molar-refractivity contribution < 1.29 is 19.0 Å². The normalized spacial score (nSPS) is 12.6. The maximum absolute atomic E-state index is 12.0. The molecule has 0 aliphatic heterocycles. The van der Waals surface area contributed by atoms with Gasteiger partial charge in [-0.2, -0.15) is 0 Å². The average molecular weight is 295 g/mol. The fourth-order valence-corrected chi connectivity index (χ4v) is 1.87. The SMILES string of the molecule is COCCC(NC(=O)OC(C)(C)C)c1cccc(OC)c1. The van der Waals surface area contributed by atoms with E-state index in [1.54, 1.807) is 14.2 Å². The fourth-order valence-electron chi connectivity index (χ4n) is 1.87. The molecule has 0 bridgehead atoms. The Bertz CT molecular complexity index is 454. The van der Waals surface area contributed by atoms with Crippen molar-refractivity contribution in [2.75, 3.05) is 20.8 Å². The van der Waals surface area contributed by atoms with Gasteiger partial charge in [-0.15, -0.1) is 0 Å². The number of benzene rings is 1. The monoisotopic (exact) mass is 295 g/mol. The highest BCUT2D eigenvalue weighted by Crippen LogP contribution is 2.22. The molecule has 5 heteroatoms. The van der Waals surface area contributed by atoms with Crippen LogP contribution in [-0.2, 0) is 9.47 Å². The van der Waals surface area contributed by atoms with Gasteiger partial charge in [-0.05, 0) is 44.9 Å². The lowest BCUT2D eigenvalue weighted by Crippen LogP contribution is -2.35. The minimum atomic E-state index is -0.524. The van der Waals surface area contributed by atoms with Crippen LogP contribution >= 0.6 is 0 Å². The van der Waals surface area contributed by atoms with E-state index in [-0.39, 0.29) is 6.04 Å². The Balaban J connectivity index is 2.81. The Morgan fingerprint density at radius 1 is 1.29 bits per heavy atom. The Morgan fingerprint density at radius 3 is 2.57 bits per heavy atom. The highest BCUT2D eigenvalue weighted by Gasteiger charge is 2.20. The van der Waals surface area contributed by atoms with Gasteiger partial charge in [0.2, 0.25) is 0 Å². The molecule has 1 N–H and O–H groups in total. The van der Waals surface area contributed by atoms with Crippen molar-refractivity contribution in [3.05, 3.63) is 29.8 Å². The zero-order valence-corrected chi connectivity index (χ0v) is 13.4. The van der Waals surface area contributed by atoms with E-state index in [0.717, 1.165) is 11.3 Å². The molecule has 1 unspecified atom stereocenters. The van der Waals surface area contributed by atoms with Crippen molar-refractivity contribution in [1.29, 1.82) is 0 Å². The zero-order valence-electron chi connectivity index (χ0n) is 13.4. The minimum absolute atomic E-state index is 0.185. The van der Waals surface area contributed by atoms with Gasteiger partial charge in [0, 0.05) is 13.7 Å². The first-order valence-corrected chi connectivity index (χ1v) is 6.98. The minimum Gasteiger partial charge on any atom is -0.497 e. The summed E-state index contributed by atoms with van der Waals surface area (Å²) in [6.45, 7) is 6.05. The average Bonchev–Trinajstić information content (AvgIpc) is 2.41. The fraction of sp³-hybridized carbons (Fsp3) is 0.562. The number of rotatable bonds is 6. The van der Waals surface area contributed by atoms with Crippen LogP contribution in [0.3, 0.4) is 0 Å². The number of amides is 1. The third-order valence-corrected chi connectivity index (χ3v) is 2.80. The summed E-state index contributed by atoms with van der Waals surface area (Å²) >= 11 is 0. The van der Waals surface area contributed by atoms with Crippen molar-refractivity contribution in [3.8, 4) is 5.75 Å². The second kappa shape index (κ2) is 7.88. The van der Waals surface area contributed by atoms with E-state index in [9.17, 15) is 4.79 Å². The molecular formula is C16H25NO4. The molecule has 0 spiro atoms. The summed E-state index contributed by atoms with van der Waals surface area (Å²) < 4.78 is 15.6. The molecule has 0 aliphatic carbocycles. The van der Waals surface area contributed by atoms with Gasteiger partial charge in [-0.1, -0.05) is 12.1 Å².